The van der Waals surface area contributed by atoms with Gasteiger partial charge < -0.3 is 0 Å². The van der Waals surface area contributed by atoms with Gasteiger partial charge in [-0.25, -0.2) is 0 Å². The van der Waals surface area contributed by atoms with Gasteiger partial charge in [0.25, 0.3) is 0 Å². The van der Waals surface area contributed by atoms with Crippen molar-refractivity contribution >= 4 is 15.9 Å². The number of rotatable bonds is 2. The summed E-state index contributed by atoms with van der Waals surface area (Å²) in [5.41, 5.74) is 1.30. The molecule has 1 heteroatoms. The fourth-order valence-electron chi connectivity index (χ4n) is 0.923. The average Bonchev–Trinajstić information content (AvgIpc) is 2.05. The summed E-state index contributed by atoms with van der Waals surface area (Å²) in [4.78, 5) is 0. The van der Waals surface area contributed by atoms with E-state index in [0.29, 0.717) is 5.92 Å². The summed E-state index contributed by atoms with van der Waals surface area (Å²) in [5.74, 6) is 0.399. The smallest absolute Gasteiger partial charge is 0.0121 e. The molecule has 0 bridgehead atoms. The third kappa shape index (κ3) is 2.19. The maximum absolute atomic E-state index is 3.85. The second-order valence-electron chi connectivity index (χ2n) is 2.58. The number of hydrogen-bond acceptors (Lipinski definition) is 0. The Morgan fingerprint density at radius 1 is 1.36 bits per heavy atom. The van der Waals surface area contributed by atoms with Crippen molar-refractivity contribution in [3.8, 4) is 0 Å². The van der Waals surface area contributed by atoms with Gasteiger partial charge in [-0.05, 0) is 10.0 Å². The van der Waals surface area contributed by atoms with Crippen LogP contribution < -0.4 is 0 Å². The minimum Gasteiger partial charge on any atom is -0.0882 e. The maximum atomic E-state index is 3.85. The zero-order valence-electron chi connectivity index (χ0n) is 6.55. The molecule has 1 atom stereocenters. The predicted octanol–water partition coefficient (Wildman–Crippen LogP) is 3.70. The molecular formula is C10H11Br. The van der Waals surface area contributed by atoms with E-state index in [1.807, 2.05) is 18.2 Å². The van der Waals surface area contributed by atoms with Crippen LogP contribution in [-0.4, -0.2) is 0 Å². The molecule has 1 aromatic rings. The normalized spacial score (nSPS) is 12.5. The Morgan fingerprint density at radius 3 is 2.36 bits per heavy atom. The van der Waals surface area contributed by atoms with Gasteiger partial charge in [0.2, 0.25) is 0 Å². The van der Waals surface area contributed by atoms with Crippen molar-refractivity contribution in [2.45, 2.75) is 12.8 Å². The molecule has 0 aliphatic rings. The van der Waals surface area contributed by atoms with E-state index in [0.717, 1.165) is 4.48 Å². The van der Waals surface area contributed by atoms with Gasteiger partial charge in [-0.1, -0.05) is 59.8 Å². The van der Waals surface area contributed by atoms with Gasteiger partial charge in [-0.2, -0.15) is 0 Å². The molecule has 1 aromatic carbocycles. The summed E-state index contributed by atoms with van der Waals surface area (Å²) in [6.45, 7) is 5.98. The van der Waals surface area contributed by atoms with Crippen molar-refractivity contribution in [3.05, 3.63) is 47.0 Å². The third-order valence-electron chi connectivity index (χ3n) is 1.77. The Labute approximate surface area is 76.1 Å². The Balaban J connectivity index is 2.85. The van der Waals surface area contributed by atoms with Gasteiger partial charge in [0.15, 0.2) is 0 Å². The highest BCUT2D eigenvalue weighted by Crippen LogP contribution is 2.25. The molecule has 0 saturated carbocycles. The first kappa shape index (κ1) is 8.54. The van der Waals surface area contributed by atoms with Gasteiger partial charge in [-0.3, -0.25) is 0 Å². The number of allylic oxidation sites excluding steroid dienone is 1. The quantitative estimate of drug-likeness (QED) is 0.699. The van der Waals surface area contributed by atoms with Crippen LogP contribution in [0.25, 0.3) is 0 Å². The lowest BCUT2D eigenvalue weighted by atomic mass is 10.0. The highest BCUT2D eigenvalue weighted by Gasteiger charge is 2.04. The Bertz CT molecular complexity index is 238. The first-order chi connectivity index (χ1) is 5.22. The largest absolute Gasteiger partial charge is 0.0882 e. The first-order valence-corrected chi connectivity index (χ1v) is 4.40. The first-order valence-electron chi connectivity index (χ1n) is 3.61. The number of hydrogen-bond donors (Lipinski definition) is 0. The third-order valence-corrected chi connectivity index (χ3v) is 2.46. The van der Waals surface area contributed by atoms with Crippen molar-refractivity contribution in [2.75, 3.05) is 0 Å². The van der Waals surface area contributed by atoms with E-state index in [1.54, 1.807) is 0 Å². The fourth-order valence-corrected chi connectivity index (χ4v) is 1.19. The van der Waals surface area contributed by atoms with E-state index < -0.39 is 0 Å². The van der Waals surface area contributed by atoms with Crippen LogP contribution in [0, 0.1) is 0 Å². The van der Waals surface area contributed by atoms with Crippen LogP contribution in [0.2, 0.25) is 0 Å². The van der Waals surface area contributed by atoms with E-state index in [2.05, 4.69) is 41.6 Å². The minimum absolute atomic E-state index is 0.399. The molecule has 0 aromatic heterocycles. The lowest BCUT2D eigenvalue weighted by Gasteiger charge is -2.08. The Hall–Kier alpha value is -0.560. The van der Waals surface area contributed by atoms with Crippen molar-refractivity contribution in [3.63, 3.8) is 0 Å². The molecule has 0 N–H and O–H groups in total. The summed E-state index contributed by atoms with van der Waals surface area (Å²) in [7, 11) is 0. The van der Waals surface area contributed by atoms with Crippen LogP contribution in [0.5, 0.6) is 0 Å². The van der Waals surface area contributed by atoms with E-state index in [-0.39, 0.29) is 0 Å². The maximum Gasteiger partial charge on any atom is 0.0121 e. The molecule has 0 amide bonds. The van der Waals surface area contributed by atoms with Crippen LogP contribution in [0.1, 0.15) is 18.4 Å². The summed E-state index contributed by atoms with van der Waals surface area (Å²) < 4.78 is 1.03. The summed E-state index contributed by atoms with van der Waals surface area (Å²) in [6, 6.07) is 10.3. The summed E-state index contributed by atoms with van der Waals surface area (Å²) in [5, 5.41) is 0. The molecule has 0 aliphatic carbocycles. The van der Waals surface area contributed by atoms with Gasteiger partial charge >= 0.3 is 0 Å². The molecule has 0 saturated heterocycles. The van der Waals surface area contributed by atoms with Crippen LogP contribution in [0.4, 0.5) is 0 Å². The second-order valence-corrected chi connectivity index (χ2v) is 3.60. The summed E-state index contributed by atoms with van der Waals surface area (Å²) >= 11 is 3.38. The van der Waals surface area contributed by atoms with Gasteiger partial charge in [0.05, 0.1) is 0 Å². The molecule has 58 valence electrons. The number of benzene rings is 1. The molecule has 0 aliphatic heterocycles. The van der Waals surface area contributed by atoms with Crippen LogP contribution in [-0.2, 0) is 0 Å². The molecule has 1 unspecified atom stereocenters. The second kappa shape index (κ2) is 3.72. The van der Waals surface area contributed by atoms with Gasteiger partial charge in [0, 0.05) is 5.92 Å². The van der Waals surface area contributed by atoms with Crippen molar-refractivity contribution in [1.29, 1.82) is 0 Å². The minimum atomic E-state index is 0.399. The zero-order valence-corrected chi connectivity index (χ0v) is 8.14. The molecular weight excluding hydrogens is 200 g/mol. The Morgan fingerprint density at radius 2 is 1.91 bits per heavy atom. The molecule has 0 radical (unpaired) electrons. The van der Waals surface area contributed by atoms with Crippen molar-refractivity contribution < 1.29 is 0 Å². The van der Waals surface area contributed by atoms with Gasteiger partial charge in [-0.15, -0.1) is 0 Å². The van der Waals surface area contributed by atoms with Crippen LogP contribution in [0.3, 0.4) is 0 Å². The van der Waals surface area contributed by atoms with Crippen molar-refractivity contribution in [2.24, 2.45) is 0 Å². The molecule has 1 rings (SSSR count). The predicted molar refractivity (Wildman–Crippen MR) is 52.9 cm³/mol. The highest BCUT2D eigenvalue weighted by molar-refractivity contribution is 9.11. The molecule has 0 spiro atoms. The fraction of sp³-hybridized carbons (Fsp3) is 0.200. The standard InChI is InChI=1S/C10H11Br/c1-8(9(2)11)10-6-4-3-5-7-10/h3-8H,2H2,1H3. The topological polar surface area (TPSA) is 0 Å². The Kier molecular flexibility index (Phi) is 2.89. The van der Waals surface area contributed by atoms with E-state index in [4.69, 9.17) is 0 Å². The molecule has 0 nitrogen and oxygen atoms in total. The SMILES string of the molecule is C=C(Br)C(C)c1ccccc1. The van der Waals surface area contributed by atoms with Gasteiger partial charge in [0.1, 0.15) is 0 Å². The lowest BCUT2D eigenvalue weighted by Crippen LogP contribution is -1.90. The zero-order chi connectivity index (χ0) is 8.27. The lowest BCUT2D eigenvalue weighted by molar-refractivity contribution is 0.959. The van der Waals surface area contributed by atoms with E-state index in [9.17, 15) is 0 Å². The number of halogens is 1. The monoisotopic (exact) mass is 210 g/mol. The molecule has 0 fully saturated rings. The van der Waals surface area contributed by atoms with Crippen molar-refractivity contribution in [1.82, 2.24) is 0 Å². The van der Waals surface area contributed by atoms with E-state index >= 15 is 0 Å². The summed E-state index contributed by atoms with van der Waals surface area (Å²) in [6.07, 6.45) is 0. The molecule has 11 heavy (non-hydrogen) atoms. The van der Waals surface area contributed by atoms with E-state index in [1.165, 1.54) is 5.56 Å². The molecule has 0 heterocycles. The van der Waals surface area contributed by atoms with Crippen LogP contribution >= 0.6 is 15.9 Å². The average molecular weight is 211 g/mol. The highest BCUT2D eigenvalue weighted by atomic mass is 79.9. The van der Waals surface area contributed by atoms with Crippen LogP contribution in [0.15, 0.2) is 41.4 Å².